The summed E-state index contributed by atoms with van der Waals surface area (Å²) in [5, 5.41) is 6.24. The molecule has 1 aliphatic rings. The first kappa shape index (κ1) is 19.2. The van der Waals surface area contributed by atoms with Crippen LogP contribution in [0.15, 0.2) is 0 Å². The Kier molecular flexibility index (Phi) is 17.9. The first-order valence-corrected chi connectivity index (χ1v) is 6.74. The monoisotopic (exact) mass is 247 g/mol. The van der Waals surface area contributed by atoms with Crippen LogP contribution in [0.5, 0.6) is 0 Å². The molecule has 0 radical (unpaired) electrons. The second kappa shape index (κ2) is 15.8. The highest BCUT2D eigenvalue weighted by molar-refractivity contribution is 4.73. The summed E-state index contributed by atoms with van der Waals surface area (Å²) < 4.78 is 4.72. The molecule has 1 rings (SSSR count). The molecular formula is C13H33N3O. The lowest BCUT2D eigenvalue weighted by atomic mass is 10.1. The van der Waals surface area contributed by atoms with Gasteiger partial charge in [0.05, 0.1) is 6.61 Å². The average Bonchev–Trinajstić information content (AvgIpc) is 2.40. The highest BCUT2D eigenvalue weighted by Crippen LogP contribution is 2.06. The van der Waals surface area contributed by atoms with Crippen molar-refractivity contribution in [1.29, 1.82) is 0 Å². The minimum atomic E-state index is 0.779. The molecule has 1 saturated heterocycles. The van der Waals surface area contributed by atoms with Crippen molar-refractivity contribution < 1.29 is 4.74 Å². The van der Waals surface area contributed by atoms with Crippen molar-refractivity contribution in [3.63, 3.8) is 0 Å². The largest absolute Gasteiger partial charge is 0.383 e. The minimum absolute atomic E-state index is 0.779. The summed E-state index contributed by atoms with van der Waals surface area (Å²) in [6.07, 6.45) is 2.62. The second-order valence-electron chi connectivity index (χ2n) is 3.96. The van der Waals surface area contributed by atoms with Gasteiger partial charge in [-0.1, -0.05) is 13.8 Å². The van der Waals surface area contributed by atoms with Gasteiger partial charge in [-0.2, -0.15) is 0 Å². The van der Waals surface area contributed by atoms with Gasteiger partial charge in [-0.25, -0.2) is 0 Å². The first-order chi connectivity index (χ1) is 8.24. The van der Waals surface area contributed by atoms with Gasteiger partial charge in [0.1, 0.15) is 0 Å². The van der Waals surface area contributed by atoms with Crippen molar-refractivity contribution in [2.24, 2.45) is 0 Å². The number of hydrogen-bond acceptors (Lipinski definition) is 4. The van der Waals surface area contributed by atoms with Crippen LogP contribution < -0.4 is 10.6 Å². The molecule has 1 fully saturated rings. The number of nitrogens with zero attached hydrogens (tertiary/aromatic N) is 1. The molecule has 0 aromatic rings. The number of piperidine rings is 1. The van der Waals surface area contributed by atoms with Crippen LogP contribution in [0.3, 0.4) is 0 Å². The molecule has 0 aromatic carbocycles. The molecule has 1 heterocycles. The van der Waals surface area contributed by atoms with Crippen molar-refractivity contribution in [3.8, 4) is 0 Å². The SMILES string of the molecule is CC.CNC1CCN(C)CC1.CNCCOC. The molecular weight excluding hydrogens is 214 g/mol. The standard InChI is InChI=1S/C7H16N2.C4H11NO.C2H6/c1-8-7-3-5-9(2)6-4-7;1-5-3-4-6-2;1-2/h7-8H,3-6H2,1-2H3;5H,3-4H2,1-2H3;1-2H3. The molecule has 106 valence electrons. The van der Waals surface area contributed by atoms with E-state index in [1.807, 2.05) is 20.9 Å². The average molecular weight is 247 g/mol. The van der Waals surface area contributed by atoms with Crippen LogP contribution >= 0.6 is 0 Å². The highest BCUT2D eigenvalue weighted by Gasteiger charge is 2.13. The van der Waals surface area contributed by atoms with Gasteiger partial charge in [0.15, 0.2) is 0 Å². The summed E-state index contributed by atoms with van der Waals surface area (Å²) in [6.45, 7) is 8.25. The maximum absolute atomic E-state index is 4.72. The van der Waals surface area contributed by atoms with Gasteiger partial charge >= 0.3 is 0 Å². The van der Waals surface area contributed by atoms with Gasteiger partial charge in [-0.05, 0) is 47.1 Å². The fourth-order valence-electron chi connectivity index (χ4n) is 1.50. The molecule has 17 heavy (non-hydrogen) atoms. The second-order valence-corrected chi connectivity index (χ2v) is 3.96. The third-order valence-electron chi connectivity index (χ3n) is 2.68. The van der Waals surface area contributed by atoms with Crippen LogP contribution in [0.4, 0.5) is 0 Å². The lowest BCUT2D eigenvalue weighted by Crippen LogP contribution is -2.39. The van der Waals surface area contributed by atoms with Crippen molar-refractivity contribution in [2.75, 3.05) is 54.5 Å². The van der Waals surface area contributed by atoms with E-state index in [1.54, 1.807) is 7.11 Å². The topological polar surface area (TPSA) is 36.5 Å². The third kappa shape index (κ3) is 13.8. The zero-order chi connectivity index (χ0) is 13.5. The number of nitrogens with one attached hydrogen (secondary N) is 2. The number of ether oxygens (including phenoxy) is 1. The molecule has 4 nitrogen and oxygen atoms in total. The lowest BCUT2D eigenvalue weighted by molar-refractivity contribution is 0.201. The fourth-order valence-corrected chi connectivity index (χ4v) is 1.50. The minimum Gasteiger partial charge on any atom is -0.383 e. The maximum Gasteiger partial charge on any atom is 0.0587 e. The number of hydrogen-bond donors (Lipinski definition) is 2. The van der Waals surface area contributed by atoms with Gasteiger partial charge < -0.3 is 20.3 Å². The Balaban J connectivity index is 0. The van der Waals surface area contributed by atoms with E-state index in [0.717, 1.165) is 19.2 Å². The molecule has 0 unspecified atom stereocenters. The van der Waals surface area contributed by atoms with Gasteiger partial charge in [-0.3, -0.25) is 0 Å². The zero-order valence-corrected chi connectivity index (χ0v) is 12.7. The molecule has 0 aromatic heterocycles. The van der Waals surface area contributed by atoms with E-state index in [2.05, 4.69) is 29.6 Å². The van der Waals surface area contributed by atoms with E-state index in [0.29, 0.717) is 0 Å². The normalized spacial score (nSPS) is 16.6. The molecule has 1 aliphatic heterocycles. The van der Waals surface area contributed by atoms with Crippen molar-refractivity contribution in [1.82, 2.24) is 15.5 Å². The van der Waals surface area contributed by atoms with E-state index in [4.69, 9.17) is 4.74 Å². The van der Waals surface area contributed by atoms with Crippen LogP contribution in [0.2, 0.25) is 0 Å². The van der Waals surface area contributed by atoms with E-state index in [1.165, 1.54) is 25.9 Å². The molecule has 0 bridgehead atoms. The Bertz CT molecular complexity index is 122. The summed E-state index contributed by atoms with van der Waals surface area (Å²) in [7, 11) is 7.83. The molecule has 0 spiro atoms. The molecule has 0 amide bonds. The zero-order valence-electron chi connectivity index (χ0n) is 12.7. The summed E-state index contributed by atoms with van der Waals surface area (Å²) in [4.78, 5) is 2.38. The first-order valence-electron chi connectivity index (χ1n) is 6.74. The van der Waals surface area contributed by atoms with E-state index in [9.17, 15) is 0 Å². The van der Waals surface area contributed by atoms with Crippen molar-refractivity contribution in [2.45, 2.75) is 32.7 Å². The van der Waals surface area contributed by atoms with Gasteiger partial charge in [0, 0.05) is 19.7 Å². The van der Waals surface area contributed by atoms with Crippen molar-refractivity contribution >= 4 is 0 Å². The Hall–Kier alpha value is -0.160. The number of methoxy groups -OCH3 is 1. The third-order valence-corrected chi connectivity index (χ3v) is 2.68. The van der Waals surface area contributed by atoms with E-state index in [-0.39, 0.29) is 0 Å². The maximum atomic E-state index is 4.72. The summed E-state index contributed by atoms with van der Waals surface area (Å²) in [6, 6.07) is 0.779. The van der Waals surface area contributed by atoms with Crippen LogP contribution in [0.1, 0.15) is 26.7 Å². The quantitative estimate of drug-likeness (QED) is 0.732. The Morgan fingerprint density at radius 3 is 2.00 bits per heavy atom. The summed E-state index contributed by atoms with van der Waals surface area (Å²) >= 11 is 0. The number of likely N-dealkylation sites (tertiary alicyclic amines) is 1. The molecule has 0 aliphatic carbocycles. The van der Waals surface area contributed by atoms with E-state index >= 15 is 0 Å². The Morgan fingerprint density at radius 2 is 1.71 bits per heavy atom. The highest BCUT2D eigenvalue weighted by atomic mass is 16.5. The molecule has 4 heteroatoms. The Labute approximate surface area is 108 Å². The molecule has 0 atom stereocenters. The lowest BCUT2D eigenvalue weighted by Gasteiger charge is -2.28. The van der Waals surface area contributed by atoms with Crippen LogP contribution in [-0.2, 0) is 4.74 Å². The summed E-state index contributed by atoms with van der Waals surface area (Å²) in [5.74, 6) is 0. The van der Waals surface area contributed by atoms with E-state index < -0.39 is 0 Å². The molecule has 0 saturated carbocycles. The van der Waals surface area contributed by atoms with Gasteiger partial charge in [0.2, 0.25) is 0 Å². The van der Waals surface area contributed by atoms with Crippen molar-refractivity contribution in [3.05, 3.63) is 0 Å². The molecule has 2 N–H and O–H groups in total. The van der Waals surface area contributed by atoms with Crippen LogP contribution in [-0.4, -0.2) is 65.4 Å². The number of likely N-dealkylation sites (N-methyl/N-ethyl adjacent to an activating group) is 1. The Morgan fingerprint density at radius 1 is 1.18 bits per heavy atom. The van der Waals surface area contributed by atoms with Gasteiger partial charge in [-0.15, -0.1) is 0 Å². The van der Waals surface area contributed by atoms with Crippen LogP contribution in [0.25, 0.3) is 0 Å². The van der Waals surface area contributed by atoms with Gasteiger partial charge in [0.25, 0.3) is 0 Å². The number of rotatable bonds is 4. The fraction of sp³-hybridized carbons (Fsp3) is 1.00. The summed E-state index contributed by atoms with van der Waals surface area (Å²) in [5.41, 5.74) is 0. The van der Waals surface area contributed by atoms with Crippen LogP contribution in [0, 0.1) is 0 Å². The smallest absolute Gasteiger partial charge is 0.0587 e. The predicted octanol–water partition coefficient (Wildman–Crippen LogP) is 1.18. The predicted molar refractivity (Wildman–Crippen MR) is 76.7 cm³/mol.